The first-order valence-corrected chi connectivity index (χ1v) is 9.23. The lowest BCUT2D eigenvalue weighted by Gasteiger charge is -2.55. The smallest absolute Gasteiger partial charge is 0.0661 e. The van der Waals surface area contributed by atoms with Gasteiger partial charge < -0.3 is 19.7 Å². The van der Waals surface area contributed by atoms with Gasteiger partial charge in [-0.1, -0.05) is 12.8 Å². The molecule has 4 nitrogen and oxygen atoms in total. The topological polar surface area (TPSA) is 33.7 Å². The first-order valence-electron chi connectivity index (χ1n) is 9.23. The number of hydrogen-bond donors (Lipinski definition) is 1. The molecule has 4 heteroatoms. The summed E-state index contributed by atoms with van der Waals surface area (Å²) in [7, 11) is 4.45. The molecule has 2 saturated carbocycles. The van der Waals surface area contributed by atoms with E-state index in [9.17, 15) is 0 Å². The van der Waals surface area contributed by atoms with Gasteiger partial charge in [0.2, 0.25) is 0 Å². The average Bonchev–Trinajstić information content (AvgIpc) is 3.03. The van der Waals surface area contributed by atoms with E-state index in [0.717, 1.165) is 39.2 Å². The van der Waals surface area contributed by atoms with Gasteiger partial charge in [0.05, 0.1) is 6.10 Å². The summed E-state index contributed by atoms with van der Waals surface area (Å²) in [6.45, 7) is 5.88. The lowest BCUT2D eigenvalue weighted by atomic mass is 9.60. The van der Waals surface area contributed by atoms with Gasteiger partial charge in [0.1, 0.15) is 0 Å². The van der Waals surface area contributed by atoms with E-state index in [-0.39, 0.29) is 5.54 Å². The highest BCUT2D eigenvalue weighted by atomic mass is 16.5. The van der Waals surface area contributed by atoms with Crippen LogP contribution in [0.2, 0.25) is 0 Å². The van der Waals surface area contributed by atoms with E-state index in [2.05, 4.69) is 31.2 Å². The van der Waals surface area contributed by atoms with Gasteiger partial charge in [-0.25, -0.2) is 0 Å². The molecule has 0 aromatic rings. The van der Waals surface area contributed by atoms with Crippen molar-refractivity contribution in [2.24, 2.45) is 5.41 Å². The van der Waals surface area contributed by atoms with Gasteiger partial charge in [-0.05, 0) is 53.1 Å². The monoisotopic (exact) mass is 310 g/mol. The fourth-order valence-electron chi connectivity index (χ4n) is 5.02. The van der Waals surface area contributed by atoms with Crippen LogP contribution in [0.5, 0.6) is 0 Å². The summed E-state index contributed by atoms with van der Waals surface area (Å²) in [4.78, 5) is 2.42. The molecule has 22 heavy (non-hydrogen) atoms. The van der Waals surface area contributed by atoms with Crippen molar-refractivity contribution in [3.8, 4) is 0 Å². The SMILES string of the molecule is CCO[C@H]1C[C@@H](NCC2(N(C)C)CCOCC2)C12CCCC2. The molecule has 0 radical (unpaired) electrons. The van der Waals surface area contributed by atoms with E-state index >= 15 is 0 Å². The first-order chi connectivity index (χ1) is 10.6. The van der Waals surface area contributed by atoms with Crippen LogP contribution in [0.1, 0.15) is 51.9 Å². The van der Waals surface area contributed by atoms with Gasteiger partial charge in [0.25, 0.3) is 0 Å². The van der Waals surface area contributed by atoms with Crippen molar-refractivity contribution >= 4 is 0 Å². The molecule has 1 spiro atoms. The van der Waals surface area contributed by atoms with Crippen molar-refractivity contribution in [2.45, 2.75) is 69.6 Å². The zero-order valence-electron chi connectivity index (χ0n) is 14.7. The molecule has 2 aliphatic carbocycles. The van der Waals surface area contributed by atoms with E-state index in [1.54, 1.807) is 0 Å². The maximum Gasteiger partial charge on any atom is 0.0661 e. The summed E-state index contributed by atoms with van der Waals surface area (Å²) in [5, 5.41) is 3.95. The van der Waals surface area contributed by atoms with Crippen LogP contribution in [0.4, 0.5) is 0 Å². The van der Waals surface area contributed by atoms with Crippen LogP contribution in [0, 0.1) is 5.41 Å². The number of nitrogens with one attached hydrogen (secondary N) is 1. The van der Waals surface area contributed by atoms with E-state index in [1.807, 2.05) is 0 Å². The summed E-state index contributed by atoms with van der Waals surface area (Å²) in [6.07, 6.45) is 9.46. The van der Waals surface area contributed by atoms with Crippen LogP contribution in [0.3, 0.4) is 0 Å². The minimum atomic E-state index is 0.273. The van der Waals surface area contributed by atoms with Gasteiger partial charge in [-0.15, -0.1) is 0 Å². The van der Waals surface area contributed by atoms with Crippen LogP contribution in [0.15, 0.2) is 0 Å². The maximum absolute atomic E-state index is 6.04. The van der Waals surface area contributed by atoms with Gasteiger partial charge in [-0.3, -0.25) is 0 Å². The van der Waals surface area contributed by atoms with Gasteiger partial charge in [0, 0.05) is 43.4 Å². The quantitative estimate of drug-likeness (QED) is 0.817. The molecule has 128 valence electrons. The fourth-order valence-corrected chi connectivity index (χ4v) is 5.02. The first kappa shape index (κ1) is 16.7. The van der Waals surface area contributed by atoms with Crippen LogP contribution in [-0.2, 0) is 9.47 Å². The van der Waals surface area contributed by atoms with Gasteiger partial charge >= 0.3 is 0 Å². The average molecular weight is 310 g/mol. The number of ether oxygens (including phenoxy) is 2. The molecule has 3 aliphatic rings. The van der Waals surface area contributed by atoms with E-state index in [0.29, 0.717) is 17.6 Å². The van der Waals surface area contributed by atoms with E-state index in [1.165, 1.54) is 32.1 Å². The highest BCUT2D eigenvalue weighted by Gasteiger charge is 2.56. The second kappa shape index (κ2) is 6.76. The van der Waals surface area contributed by atoms with Crippen molar-refractivity contribution in [2.75, 3.05) is 40.5 Å². The van der Waals surface area contributed by atoms with Crippen LogP contribution >= 0.6 is 0 Å². The molecule has 3 fully saturated rings. The predicted octanol–water partition coefficient (Wildman–Crippen LogP) is 2.42. The molecule has 1 saturated heterocycles. The lowest BCUT2D eigenvalue weighted by molar-refractivity contribution is -0.133. The Morgan fingerprint density at radius 3 is 2.41 bits per heavy atom. The molecule has 1 aliphatic heterocycles. The van der Waals surface area contributed by atoms with Crippen LogP contribution < -0.4 is 5.32 Å². The van der Waals surface area contributed by atoms with Gasteiger partial charge in [0.15, 0.2) is 0 Å². The number of nitrogens with zero attached hydrogens (tertiary/aromatic N) is 1. The Morgan fingerprint density at radius 2 is 1.82 bits per heavy atom. The molecule has 2 atom stereocenters. The molecule has 0 aromatic heterocycles. The van der Waals surface area contributed by atoms with Gasteiger partial charge in [-0.2, -0.15) is 0 Å². The molecule has 0 aromatic carbocycles. The second-order valence-electron chi connectivity index (χ2n) is 7.78. The standard InChI is InChI=1S/C18H34N2O2/c1-4-22-16-13-15(18(16)7-5-6-8-18)19-14-17(20(2)3)9-11-21-12-10-17/h15-16,19H,4-14H2,1-3H3/t15-,16+/m1/s1. The Hall–Kier alpha value is -0.160. The fraction of sp³-hybridized carbons (Fsp3) is 1.00. The van der Waals surface area contributed by atoms with Crippen molar-refractivity contribution in [1.82, 2.24) is 10.2 Å². The molecular weight excluding hydrogens is 276 g/mol. The molecule has 3 rings (SSSR count). The molecule has 0 unspecified atom stereocenters. The normalized spacial score (nSPS) is 33.3. The summed E-state index contributed by atoms with van der Waals surface area (Å²) >= 11 is 0. The summed E-state index contributed by atoms with van der Waals surface area (Å²) in [6, 6.07) is 0.659. The minimum Gasteiger partial charge on any atom is -0.381 e. The third kappa shape index (κ3) is 2.83. The number of rotatable bonds is 6. The van der Waals surface area contributed by atoms with Crippen LogP contribution in [0.25, 0.3) is 0 Å². The Kier molecular flexibility index (Phi) is 5.13. The highest BCUT2D eigenvalue weighted by Crippen LogP contribution is 2.54. The highest BCUT2D eigenvalue weighted by molar-refractivity contribution is 5.11. The summed E-state index contributed by atoms with van der Waals surface area (Å²) in [5.74, 6) is 0. The van der Waals surface area contributed by atoms with Crippen molar-refractivity contribution in [3.05, 3.63) is 0 Å². The second-order valence-corrected chi connectivity index (χ2v) is 7.78. The van der Waals surface area contributed by atoms with Crippen molar-refractivity contribution < 1.29 is 9.47 Å². The molecule has 0 amide bonds. The van der Waals surface area contributed by atoms with E-state index in [4.69, 9.17) is 9.47 Å². The third-order valence-corrected chi connectivity index (χ3v) is 6.74. The number of likely N-dealkylation sites (N-methyl/N-ethyl adjacent to an activating group) is 1. The predicted molar refractivity (Wildman–Crippen MR) is 89.2 cm³/mol. The van der Waals surface area contributed by atoms with Crippen LogP contribution in [-0.4, -0.2) is 63.0 Å². The summed E-state index contributed by atoms with van der Waals surface area (Å²) in [5.41, 5.74) is 0.712. The number of hydrogen-bond acceptors (Lipinski definition) is 4. The zero-order valence-corrected chi connectivity index (χ0v) is 14.7. The lowest BCUT2D eigenvalue weighted by Crippen LogP contribution is -2.66. The Balaban J connectivity index is 1.61. The Morgan fingerprint density at radius 1 is 1.14 bits per heavy atom. The minimum absolute atomic E-state index is 0.273. The molecule has 0 bridgehead atoms. The molecule has 1 N–H and O–H groups in total. The molecular formula is C18H34N2O2. The molecule has 1 heterocycles. The Bertz CT molecular complexity index is 360. The maximum atomic E-state index is 6.04. The largest absolute Gasteiger partial charge is 0.381 e. The third-order valence-electron chi connectivity index (χ3n) is 6.74. The van der Waals surface area contributed by atoms with E-state index < -0.39 is 0 Å². The Labute approximate surface area is 135 Å². The van der Waals surface area contributed by atoms with Crippen molar-refractivity contribution in [3.63, 3.8) is 0 Å². The summed E-state index contributed by atoms with van der Waals surface area (Å²) < 4.78 is 11.6. The zero-order chi connectivity index (χ0) is 15.6. The van der Waals surface area contributed by atoms with Crippen molar-refractivity contribution in [1.29, 1.82) is 0 Å².